The van der Waals surface area contributed by atoms with E-state index in [2.05, 4.69) is 9.97 Å². The molecule has 3 aromatic rings. The summed E-state index contributed by atoms with van der Waals surface area (Å²) in [5.41, 5.74) is 2.95. The van der Waals surface area contributed by atoms with Crippen molar-refractivity contribution in [1.82, 2.24) is 9.97 Å². The normalized spacial score (nSPS) is 15.0. The summed E-state index contributed by atoms with van der Waals surface area (Å²) in [4.78, 5) is 20.0. The van der Waals surface area contributed by atoms with Gasteiger partial charge in [0.1, 0.15) is 11.5 Å². The number of hydrogen-bond acceptors (Lipinski definition) is 6. The lowest BCUT2D eigenvalue weighted by molar-refractivity contribution is -0.136. The topological polar surface area (TPSA) is 98.6 Å². The molecular formula is C21H18N2O5S. The zero-order valence-electron chi connectivity index (χ0n) is 15.6. The molecule has 0 fully saturated rings. The number of hydrogen-bond donors (Lipinski definition) is 1. The number of fused-ring (bicyclic) bond motifs is 1. The molecular weight excluding hydrogens is 392 g/mol. The first-order valence-corrected chi connectivity index (χ1v) is 10.4. The van der Waals surface area contributed by atoms with E-state index in [0.29, 0.717) is 34.5 Å². The fourth-order valence-corrected chi connectivity index (χ4v) is 4.31. The molecule has 0 amide bonds. The Morgan fingerprint density at radius 3 is 2.38 bits per heavy atom. The van der Waals surface area contributed by atoms with Gasteiger partial charge in [-0.2, -0.15) is 4.98 Å². The van der Waals surface area contributed by atoms with E-state index >= 15 is 0 Å². The van der Waals surface area contributed by atoms with Crippen LogP contribution in [0.1, 0.15) is 16.8 Å². The van der Waals surface area contributed by atoms with Gasteiger partial charge in [0.25, 0.3) is 0 Å². The Morgan fingerprint density at radius 2 is 1.72 bits per heavy atom. The molecule has 0 spiro atoms. The molecule has 1 aromatic heterocycles. The minimum atomic E-state index is -1.04. The van der Waals surface area contributed by atoms with Gasteiger partial charge in [-0.3, -0.25) is 9.00 Å². The first-order valence-electron chi connectivity index (χ1n) is 8.89. The van der Waals surface area contributed by atoms with E-state index in [9.17, 15) is 9.00 Å². The highest BCUT2D eigenvalue weighted by Crippen LogP contribution is 2.34. The number of nitrogens with zero attached hydrogens (tertiary/aromatic N) is 2. The number of rotatable bonds is 6. The molecule has 7 nitrogen and oxygen atoms in total. The zero-order valence-corrected chi connectivity index (χ0v) is 16.4. The second-order valence-electron chi connectivity index (χ2n) is 6.55. The van der Waals surface area contributed by atoms with Crippen molar-refractivity contribution in [2.75, 3.05) is 7.11 Å². The van der Waals surface area contributed by atoms with Crippen LogP contribution in [0.4, 0.5) is 0 Å². The van der Waals surface area contributed by atoms with Crippen LogP contribution in [0.2, 0.25) is 0 Å². The first kappa shape index (κ1) is 19.1. The largest absolute Gasteiger partial charge is 0.497 e. The predicted octanol–water partition coefficient (Wildman–Crippen LogP) is 3.33. The van der Waals surface area contributed by atoms with Crippen molar-refractivity contribution in [2.45, 2.75) is 17.9 Å². The van der Waals surface area contributed by atoms with Crippen molar-refractivity contribution in [1.29, 1.82) is 0 Å². The molecule has 2 aromatic carbocycles. The summed E-state index contributed by atoms with van der Waals surface area (Å²) in [7, 11) is 0.566. The van der Waals surface area contributed by atoms with Crippen molar-refractivity contribution >= 4 is 16.8 Å². The number of methoxy groups -OCH3 is 1. The molecule has 0 bridgehead atoms. The molecule has 148 valence electrons. The number of carboxylic acid groups (broad SMARTS) is 1. The van der Waals surface area contributed by atoms with Crippen LogP contribution in [-0.4, -0.2) is 32.4 Å². The van der Waals surface area contributed by atoms with Gasteiger partial charge in [-0.1, -0.05) is 12.1 Å². The quantitative estimate of drug-likeness (QED) is 0.665. The van der Waals surface area contributed by atoms with E-state index in [1.807, 2.05) is 24.3 Å². The first-order chi connectivity index (χ1) is 14.0. The lowest BCUT2D eigenvalue weighted by atomic mass is 10.1. The van der Waals surface area contributed by atoms with Crippen molar-refractivity contribution < 1.29 is 23.6 Å². The second-order valence-corrected chi connectivity index (χ2v) is 8.01. The molecule has 4 rings (SSSR count). The van der Waals surface area contributed by atoms with E-state index in [-0.39, 0.29) is 6.42 Å². The Bertz CT molecular complexity index is 1080. The highest BCUT2D eigenvalue weighted by atomic mass is 32.2. The third-order valence-corrected chi connectivity index (χ3v) is 5.71. The fourth-order valence-electron chi connectivity index (χ4n) is 3.05. The van der Waals surface area contributed by atoms with Gasteiger partial charge < -0.3 is 14.6 Å². The number of carbonyl (C=O) groups is 1. The summed E-state index contributed by atoms with van der Waals surface area (Å²) in [6.45, 7) is 0. The van der Waals surface area contributed by atoms with Gasteiger partial charge in [-0.25, -0.2) is 4.98 Å². The Balaban J connectivity index is 1.67. The van der Waals surface area contributed by atoms with Crippen LogP contribution in [0.25, 0.3) is 11.4 Å². The summed E-state index contributed by atoms with van der Waals surface area (Å²) in [5, 5.41) is 8.89. The zero-order chi connectivity index (χ0) is 20.4. The molecule has 0 saturated heterocycles. The molecule has 8 heteroatoms. The lowest BCUT2D eigenvalue weighted by Crippen LogP contribution is -2.02. The number of aliphatic carboxylic acids is 1. The van der Waals surface area contributed by atoms with Gasteiger partial charge in [0, 0.05) is 21.9 Å². The highest BCUT2D eigenvalue weighted by molar-refractivity contribution is 7.83. The monoisotopic (exact) mass is 410 g/mol. The molecule has 0 aliphatic carbocycles. The van der Waals surface area contributed by atoms with Gasteiger partial charge in [0.2, 0.25) is 5.88 Å². The summed E-state index contributed by atoms with van der Waals surface area (Å²) in [6, 6.07) is 14.2. The van der Waals surface area contributed by atoms with Crippen molar-refractivity contribution in [3.63, 3.8) is 0 Å². The average Bonchev–Trinajstić information content (AvgIpc) is 3.09. The van der Waals surface area contributed by atoms with E-state index in [4.69, 9.17) is 14.6 Å². The average molecular weight is 410 g/mol. The minimum absolute atomic E-state index is 0.0518. The lowest BCUT2D eigenvalue weighted by Gasteiger charge is -2.11. The maximum absolute atomic E-state index is 12.1. The summed E-state index contributed by atoms with van der Waals surface area (Å²) >= 11 is 0. The number of aromatic nitrogens is 2. The Morgan fingerprint density at radius 1 is 1.03 bits per heavy atom. The van der Waals surface area contributed by atoms with Crippen LogP contribution in [-0.2, 0) is 33.5 Å². The summed E-state index contributed by atoms with van der Waals surface area (Å²) < 4.78 is 23.3. The third kappa shape index (κ3) is 4.27. The van der Waals surface area contributed by atoms with Gasteiger partial charge in [-0.15, -0.1) is 0 Å². The molecule has 1 aliphatic heterocycles. The van der Waals surface area contributed by atoms with Crippen molar-refractivity contribution in [3.8, 4) is 28.8 Å². The third-order valence-electron chi connectivity index (χ3n) is 4.50. The maximum atomic E-state index is 12.1. The minimum Gasteiger partial charge on any atom is -0.497 e. The molecule has 0 saturated carbocycles. The molecule has 2 heterocycles. The van der Waals surface area contributed by atoms with Crippen LogP contribution >= 0.6 is 0 Å². The Labute approximate surface area is 169 Å². The molecule has 1 N–H and O–H groups in total. The van der Waals surface area contributed by atoms with Crippen LogP contribution in [0.15, 0.2) is 48.5 Å². The SMILES string of the molecule is COc1ccc(-c2nc3c(c(Oc4ccc(CC(=O)O)cc4)n2)CS(=O)C3)cc1. The van der Waals surface area contributed by atoms with Crippen molar-refractivity contribution in [3.05, 3.63) is 65.4 Å². The van der Waals surface area contributed by atoms with Gasteiger partial charge in [0.05, 0.1) is 30.7 Å². The number of benzene rings is 2. The Hall–Kier alpha value is -3.26. The van der Waals surface area contributed by atoms with E-state index in [0.717, 1.165) is 22.6 Å². The molecule has 29 heavy (non-hydrogen) atoms. The predicted molar refractivity (Wildman–Crippen MR) is 107 cm³/mol. The molecule has 0 radical (unpaired) electrons. The summed E-state index contributed by atoms with van der Waals surface area (Å²) in [5.74, 6) is 1.95. The summed E-state index contributed by atoms with van der Waals surface area (Å²) in [6.07, 6.45) is -0.0518. The fraction of sp³-hybridized carbons (Fsp3) is 0.190. The van der Waals surface area contributed by atoms with Crippen LogP contribution < -0.4 is 9.47 Å². The number of carboxylic acids is 1. The van der Waals surface area contributed by atoms with Gasteiger partial charge in [-0.05, 0) is 42.0 Å². The smallest absolute Gasteiger partial charge is 0.307 e. The molecule has 1 unspecified atom stereocenters. The maximum Gasteiger partial charge on any atom is 0.307 e. The number of ether oxygens (including phenoxy) is 2. The van der Waals surface area contributed by atoms with Gasteiger partial charge >= 0.3 is 5.97 Å². The second kappa shape index (κ2) is 8.00. The standard InChI is InChI=1S/C21H18N2O5S/c1-27-15-8-4-14(5-9-15)20-22-18-12-29(26)11-17(18)21(23-20)28-16-6-2-13(3-7-16)10-19(24)25/h2-9H,10-12H2,1H3,(H,24,25). The van der Waals surface area contributed by atoms with Crippen molar-refractivity contribution in [2.24, 2.45) is 0 Å². The van der Waals surface area contributed by atoms with Crippen LogP contribution in [0.5, 0.6) is 17.4 Å². The van der Waals surface area contributed by atoms with Crippen LogP contribution in [0, 0.1) is 0 Å². The van der Waals surface area contributed by atoms with E-state index in [1.54, 1.807) is 31.4 Å². The van der Waals surface area contributed by atoms with Crippen LogP contribution in [0.3, 0.4) is 0 Å². The highest BCUT2D eigenvalue weighted by Gasteiger charge is 2.26. The van der Waals surface area contributed by atoms with E-state index < -0.39 is 16.8 Å². The Kier molecular flexibility index (Phi) is 5.26. The van der Waals surface area contributed by atoms with Gasteiger partial charge in [0.15, 0.2) is 5.82 Å². The molecule has 1 atom stereocenters. The van der Waals surface area contributed by atoms with E-state index in [1.165, 1.54) is 0 Å². The molecule has 1 aliphatic rings.